The molecule has 0 aliphatic rings. The van der Waals surface area contributed by atoms with Crippen LogP contribution in [0.15, 0.2) is 30.6 Å². The molecule has 3 rings (SSSR count). The maximum absolute atomic E-state index is 12.5. The minimum atomic E-state index is -3.20. The molecule has 12 heteroatoms. The van der Waals surface area contributed by atoms with Crippen LogP contribution in [0.4, 0.5) is 14.5 Å². The molecule has 0 saturated heterocycles. The van der Waals surface area contributed by atoms with Crippen LogP contribution in [0.2, 0.25) is 0 Å². The predicted molar refractivity (Wildman–Crippen MR) is 93.1 cm³/mol. The van der Waals surface area contributed by atoms with E-state index < -0.39 is 35.5 Å². The topological polar surface area (TPSA) is 118 Å². The van der Waals surface area contributed by atoms with Crippen LogP contribution in [0.5, 0.6) is 11.5 Å². The van der Waals surface area contributed by atoms with Crippen LogP contribution < -0.4 is 9.47 Å². The van der Waals surface area contributed by atoms with E-state index in [2.05, 4.69) is 14.8 Å². The van der Waals surface area contributed by atoms with Crippen molar-refractivity contribution < 1.29 is 32.7 Å². The summed E-state index contributed by atoms with van der Waals surface area (Å²) in [5, 5.41) is 15.5. The highest BCUT2D eigenvalue weighted by Crippen LogP contribution is 2.36. The molecule has 0 radical (unpaired) electrons. The molecule has 152 valence electrons. The van der Waals surface area contributed by atoms with Gasteiger partial charge in [0.2, 0.25) is 0 Å². The van der Waals surface area contributed by atoms with E-state index in [4.69, 9.17) is 9.47 Å². The summed E-state index contributed by atoms with van der Waals surface area (Å²) in [6.07, 6.45) is 3.08. The lowest BCUT2D eigenvalue weighted by atomic mass is 10.1. The standard InChI is InChI=1S/C17H14F2N4O6/c1-9-14(15-20-4-3-5-22(15)21-9)16(24)28-8-10-6-12(27-2)13(29-17(18)19)7-11(10)23(25)26/h3-7,17H,8H2,1-2H3. The summed E-state index contributed by atoms with van der Waals surface area (Å²) in [5.74, 6) is -1.47. The smallest absolute Gasteiger partial charge is 0.387 e. The molecule has 0 spiro atoms. The Morgan fingerprint density at radius 2 is 2.10 bits per heavy atom. The molecule has 1 aromatic carbocycles. The second kappa shape index (κ2) is 8.04. The van der Waals surface area contributed by atoms with Crippen LogP contribution >= 0.6 is 0 Å². The molecule has 0 atom stereocenters. The molecule has 0 bridgehead atoms. The number of aromatic nitrogens is 3. The Morgan fingerprint density at radius 3 is 2.76 bits per heavy atom. The van der Waals surface area contributed by atoms with E-state index in [1.807, 2.05) is 0 Å². The zero-order valence-corrected chi connectivity index (χ0v) is 15.2. The number of esters is 1. The summed E-state index contributed by atoms with van der Waals surface area (Å²) in [7, 11) is 1.18. The van der Waals surface area contributed by atoms with Crippen molar-refractivity contribution in [2.24, 2.45) is 0 Å². The van der Waals surface area contributed by atoms with Crippen LogP contribution in [0.1, 0.15) is 21.6 Å². The van der Waals surface area contributed by atoms with Gasteiger partial charge in [-0.1, -0.05) is 0 Å². The first-order valence-corrected chi connectivity index (χ1v) is 8.09. The fourth-order valence-electron chi connectivity index (χ4n) is 2.68. The number of carbonyl (C=O) groups excluding carboxylic acids is 1. The highest BCUT2D eigenvalue weighted by molar-refractivity contribution is 5.97. The molecule has 0 aliphatic heterocycles. The van der Waals surface area contributed by atoms with Crippen molar-refractivity contribution >= 4 is 17.3 Å². The molecule has 2 aromatic heterocycles. The van der Waals surface area contributed by atoms with Gasteiger partial charge in [-0.05, 0) is 19.1 Å². The van der Waals surface area contributed by atoms with E-state index in [0.717, 1.165) is 12.1 Å². The minimum absolute atomic E-state index is 0.0658. The minimum Gasteiger partial charge on any atom is -0.493 e. The van der Waals surface area contributed by atoms with Gasteiger partial charge in [-0.3, -0.25) is 10.1 Å². The number of benzene rings is 1. The van der Waals surface area contributed by atoms with Crippen molar-refractivity contribution in [1.29, 1.82) is 0 Å². The largest absolute Gasteiger partial charge is 0.493 e. The third kappa shape index (κ3) is 4.05. The highest BCUT2D eigenvalue weighted by Gasteiger charge is 2.24. The first-order valence-electron chi connectivity index (χ1n) is 8.09. The van der Waals surface area contributed by atoms with Gasteiger partial charge in [-0.2, -0.15) is 13.9 Å². The number of rotatable bonds is 7. The van der Waals surface area contributed by atoms with E-state index in [9.17, 15) is 23.7 Å². The fraction of sp³-hybridized carbons (Fsp3) is 0.235. The Hall–Kier alpha value is -3.83. The van der Waals surface area contributed by atoms with Crippen molar-refractivity contribution in [2.45, 2.75) is 20.1 Å². The maximum Gasteiger partial charge on any atom is 0.387 e. The number of nitrogens with zero attached hydrogens (tertiary/aromatic N) is 4. The third-order valence-corrected chi connectivity index (χ3v) is 3.91. The van der Waals surface area contributed by atoms with E-state index in [-0.39, 0.29) is 22.5 Å². The van der Waals surface area contributed by atoms with E-state index in [1.165, 1.54) is 17.8 Å². The van der Waals surface area contributed by atoms with Crippen molar-refractivity contribution in [3.05, 3.63) is 57.5 Å². The van der Waals surface area contributed by atoms with Crippen LogP contribution in [0.3, 0.4) is 0 Å². The molecule has 0 aliphatic carbocycles. The first kappa shape index (κ1) is 19.9. The third-order valence-electron chi connectivity index (χ3n) is 3.91. The first-order chi connectivity index (χ1) is 13.8. The number of nitro benzene ring substituents is 1. The molecular weight excluding hydrogens is 394 g/mol. The summed E-state index contributed by atoms with van der Waals surface area (Å²) in [5.41, 5.74) is 0.106. The maximum atomic E-state index is 12.5. The number of methoxy groups -OCH3 is 1. The van der Waals surface area contributed by atoms with Gasteiger partial charge in [-0.25, -0.2) is 14.3 Å². The molecular formula is C17H14F2N4O6. The van der Waals surface area contributed by atoms with E-state index >= 15 is 0 Å². The van der Waals surface area contributed by atoms with Gasteiger partial charge in [0, 0.05) is 12.4 Å². The van der Waals surface area contributed by atoms with Crippen LogP contribution in [-0.2, 0) is 11.3 Å². The second-order valence-electron chi connectivity index (χ2n) is 5.69. The van der Waals surface area contributed by atoms with Gasteiger partial charge in [0.1, 0.15) is 12.2 Å². The fourth-order valence-corrected chi connectivity index (χ4v) is 2.68. The highest BCUT2D eigenvalue weighted by atomic mass is 19.3. The molecule has 29 heavy (non-hydrogen) atoms. The Morgan fingerprint density at radius 1 is 1.34 bits per heavy atom. The predicted octanol–water partition coefficient (Wildman–Crippen LogP) is 2.91. The van der Waals surface area contributed by atoms with Crippen molar-refractivity contribution in [1.82, 2.24) is 14.6 Å². The van der Waals surface area contributed by atoms with Gasteiger partial charge in [0.05, 0.1) is 29.4 Å². The number of nitro groups is 1. The lowest BCUT2D eigenvalue weighted by Gasteiger charge is -2.12. The molecule has 0 fully saturated rings. The number of hydrogen-bond acceptors (Lipinski definition) is 8. The SMILES string of the molecule is COc1cc(COC(=O)c2c(C)nn3cccnc23)c([N+](=O)[O-])cc1OC(F)F. The zero-order chi connectivity index (χ0) is 21.1. The zero-order valence-electron chi connectivity index (χ0n) is 15.2. The monoisotopic (exact) mass is 408 g/mol. The van der Waals surface area contributed by atoms with Crippen molar-refractivity contribution in [3.8, 4) is 11.5 Å². The molecule has 2 heterocycles. The summed E-state index contributed by atoms with van der Waals surface area (Å²) in [6.45, 7) is -2.12. The van der Waals surface area contributed by atoms with E-state index in [1.54, 1.807) is 19.2 Å². The number of aryl methyl sites for hydroxylation is 1. The van der Waals surface area contributed by atoms with Gasteiger partial charge in [0.25, 0.3) is 5.69 Å². The normalized spacial score (nSPS) is 10.9. The number of ether oxygens (including phenoxy) is 3. The molecule has 10 nitrogen and oxygen atoms in total. The number of halogens is 2. The molecule has 0 saturated carbocycles. The van der Waals surface area contributed by atoms with Gasteiger partial charge in [0.15, 0.2) is 17.1 Å². The second-order valence-corrected chi connectivity index (χ2v) is 5.69. The average Bonchev–Trinajstić information content (AvgIpc) is 3.01. The number of hydrogen-bond donors (Lipinski definition) is 0. The number of fused-ring (bicyclic) bond motifs is 1. The Bertz CT molecular complexity index is 1090. The molecule has 0 amide bonds. The molecule has 0 N–H and O–H groups in total. The van der Waals surface area contributed by atoms with Crippen LogP contribution in [-0.4, -0.2) is 39.2 Å². The summed E-state index contributed by atoms with van der Waals surface area (Å²) in [4.78, 5) is 27.1. The quantitative estimate of drug-likeness (QED) is 0.333. The lowest BCUT2D eigenvalue weighted by Crippen LogP contribution is -2.09. The van der Waals surface area contributed by atoms with Crippen LogP contribution in [0, 0.1) is 17.0 Å². The van der Waals surface area contributed by atoms with Crippen molar-refractivity contribution in [2.75, 3.05) is 7.11 Å². The van der Waals surface area contributed by atoms with Crippen LogP contribution in [0.25, 0.3) is 5.65 Å². The Kier molecular flexibility index (Phi) is 5.52. The van der Waals surface area contributed by atoms with Crippen molar-refractivity contribution in [3.63, 3.8) is 0 Å². The Labute approximate surface area is 161 Å². The summed E-state index contributed by atoms with van der Waals surface area (Å²) in [6, 6.07) is 3.52. The summed E-state index contributed by atoms with van der Waals surface area (Å²) < 4.78 is 40.8. The van der Waals surface area contributed by atoms with Gasteiger partial charge >= 0.3 is 12.6 Å². The molecule has 3 aromatic rings. The van der Waals surface area contributed by atoms with E-state index in [0.29, 0.717) is 5.69 Å². The molecule has 0 unspecified atom stereocenters. The summed E-state index contributed by atoms with van der Waals surface area (Å²) >= 11 is 0. The van der Waals surface area contributed by atoms with Gasteiger partial charge < -0.3 is 14.2 Å². The number of carbonyl (C=O) groups is 1. The lowest BCUT2D eigenvalue weighted by molar-refractivity contribution is -0.386. The number of alkyl halides is 2. The average molecular weight is 408 g/mol. The Balaban J connectivity index is 1.90. The van der Waals surface area contributed by atoms with Gasteiger partial charge in [-0.15, -0.1) is 0 Å².